The number of nitrogens with two attached hydrogens (primary N) is 1. The van der Waals surface area contributed by atoms with Gasteiger partial charge in [-0.05, 0) is 56.9 Å². The molecular weight excluding hydrogens is 258 g/mol. The number of hydrogen-bond donors (Lipinski definition) is 1. The summed E-state index contributed by atoms with van der Waals surface area (Å²) in [5, 5.41) is 10.2. The number of fused-ring (bicyclic) bond motifs is 1. The van der Waals surface area contributed by atoms with Crippen molar-refractivity contribution in [3.63, 3.8) is 0 Å². The molecule has 19 heavy (non-hydrogen) atoms. The summed E-state index contributed by atoms with van der Waals surface area (Å²) in [6.45, 7) is 6.29. The van der Waals surface area contributed by atoms with Crippen LogP contribution < -0.4 is 5.14 Å². The Kier molecular flexibility index (Phi) is 2.91. The summed E-state index contributed by atoms with van der Waals surface area (Å²) >= 11 is 0. The van der Waals surface area contributed by atoms with Gasteiger partial charge in [0.1, 0.15) is 0 Å². The minimum Gasteiger partial charge on any atom is -0.266 e. The molecule has 0 aromatic carbocycles. The summed E-state index contributed by atoms with van der Waals surface area (Å²) in [6, 6.07) is 0.572. The fourth-order valence-corrected chi connectivity index (χ4v) is 3.51. The van der Waals surface area contributed by atoms with E-state index >= 15 is 0 Å². The predicted molar refractivity (Wildman–Crippen MR) is 77.0 cm³/mol. The summed E-state index contributed by atoms with van der Waals surface area (Å²) < 4.78 is 13.4. The highest BCUT2D eigenvalue weighted by molar-refractivity contribution is 7.84. The van der Waals surface area contributed by atoms with Crippen LogP contribution in [0.1, 0.15) is 57.3 Å². The quantitative estimate of drug-likeness (QED) is 0.919. The number of aromatic nitrogens is 2. The molecule has 4 nitrogen and oxygen atoms in total. The standard InChI is InChI=1S/C14H23N3OS/c1-13(2,19(15)18)8-10-9-16-17-11(10)4-5-12(17)14(3)6-7-14/h9,12H,4-8,15H2,1-3H3/t12-,19?/m0/s1. The Morgan fingerprint density at radius 1 is 1.58 bits per heavy atom. The predicted octanol–water partition coefficient (Wildman–Crippen LogP) is 2.11. The monoisotopic (exact) mass is 281 g/mol. The van der Waals surface area contributed by atoms with E-state index < -0.39 is 11.0 Å². The maximum absolute atomic E-state index is 11.6. The highest BCUT2D eigenvalue weighted by Gasteiger charge is 2.48. The summed E-state index contributed by atoms with van der Waals surface area (Å²) in [7, 11) is -1.31. The Morgan fingerprint density at radius 2 is 2.26 bits per heavy atom. The van der Waals surface area contributed by atoms with Crippen LogP contribution in [0.5, 0.6) is 0 Å². The average Bonchev–Trinajstić information content (AvgIpc) is 2.77. The third-order valence-corrected chi connectivity index (χ3v) is 6.17. The molecular formula is C14H23N3OS. The van der Waals surface area contributed by atoms with Gasteiger partial charge in [-0.3, -0.25) is 9.82 Å². The van der Waals surface area contributed by atoms with E-state index in [9.17, 15) is 4.21 Å². The minimum atomic E-state index is -1.31. The van der Waals surface area contributed by atoms with E-state index in [1.54, 1.807) is 0 Å². The SMILES string of the molecule is CC1([C@@H]2CCc3c(CC(C)(C)S(N)=O)cnn32)CC1. The lowest BCUT2D eigenvalue weighted by atomic mass is 9.96. The van der Waals surface area contributed by atoms with Crippen molar-refractivity contribution in [3.8, 4) is 0 Å². The van der Waals surface area contributed by atoms with E-state index in [0.29, 0.717) is 11.5 Å². The number of rotatable bonds is 4. The Balaban J connectivity index is 1.85. The van der Waals surface area contributed by atoms with Gasteiger partial charge in [-0.2, -0.15) is 5.10 Å². The lowest BCUT2D eigenvalue weighted by Gasteiger charge is -2.20. The Hall–Kier alpha value is -0.680. The summed E-state index contributed by atoms with van der Waals surface area (Å²) in [5.74, 6) is 0. The fourth-order valence-electron chi connectivity index (χ4n) is 3.21. The molecule has 1 unspecified atom stereocenters. The van der Waals surface area contributed by atoms with Crippen molar-refractivity contribution < 1.29 is 4.21 Å². The minimum absolute atomic E-state index is 0.383. The third kappa shape index (κ3) is 2.17. The lowest BCUT2D eigenvalue weighted by Crippen LogP contribution is -2.34. The Morgan fingerprint density at radius 3 is 2.84 bits per heavy atom. The smallest absolute Gasteiger partial charge is 0.0949 e. The molecule has 1 aromatic rings. The summed E-state index contributed by atoms with van der Waals surface area (Å²) in [4.78, 5) is 0. The van der Waals surface area contributed by atoms with Gasteiger partial charge in [0.15, 0.2) is 0 Å². The third-order valence-electron chi connectivity index (χ3n) is 4.94. The summed E-state index contributed by atoms with van der Waals surface area (Å²) in [6.07, 6.45) is 7.66. The fraction of sp³-hybridized carbons (Fsp3) is 0.786. The van der Waals surface area contributed by atoms with Crippen LogP contribution in [-0.2, 0) is 23.8 Å². The highest BCUT2D eigenvalue weighted by Crippen LogP contribution is 2.57. The van der Waals surface area contributed by atoms with E-state index in [1.807, 2.05) is 20.0 Å². The van der Waals surface area contributed by atoms with Crippen LogP contribution in [0.15, 0.2) is 6.20 Å². The first-order valence-electron chi connectivity index (χ1n) is 7.05. The van der Waals surface area contributed by atoms with E-state index in [2.05, 4.69) is 16.7 Å². The van der Waals surface area contributed by atoms with Gasteiger partial charge in [0.25, 0.3) is 0 Å². The largest absolute Gasteiger partial charge is 0.266 e. The van der Waals surface area contributed by atoms with Crippen LogP contribution in [0, 0.1) is 5.41 Å². The molecule has 1 saturated carbocycles. The molecule has 0 spiro atoms. The van der Waals surface area contributed by atoms with Crippen molar-refractivity contribution in [1.29, 1.82) is 0 Å². The number of nitrogens with zero attached hydrogens (tertiary/aromatic N) is 2. The zero-order valence-corrected chi connectivity index (χ0v) is 12.8. The van der Waals surface area contributed by atoms with Crippen LogP contribution in [-0.4, -0.2) is 18.7 Å². The normalized spacial score (nSPS) is 26.2. The maximum Gasteiger partial charge on any atom is 0.0949 e. The van der Waals surface area contributed by atoms with E-state index in [-0.39, 0.29) is 4.75 Å². The van der Waals surface area contributed by atoms with Crippen LogP contribution in [0.4, 0.5) is 0 Å². The van der Waals surface area contributed by atoms with Crippen molar-refractivity contribution in [2.24, 2.45) is 10.6 Å². The van der Waals surface area contributed by atoms with Gasteiger partial charge in [-0.25, -0.2) is 4.21 Å². The second kappa shape index (κ2) is 4.16. The van der Waals surface area contributed by atoms with Gasteiger partial charge in [0, 0.05) is 5.69 Å². The molecule has 0 radical (unpaired) electrons. The van der Waals surface area contributed by atoms with Crippen molar-refractivity contribution in [2.75, 3.05) is 0 Å². The lowest BCUT2D eigenvalue weighted by molar-refractivity contribution is 0.319. The Labute approximate surface area is 117 Å². The van der Waals surface area contributed by atoms with Gasteiger partial charge in [0.05, 0.1) is 28.0 Å². The van der Waals surface area contributed by atoms with Crippen LogP contribution in [0.25, 0.3) is 0 Å². The first kappa shape index (κ1) is 13.3. The molecule has 0 saturated heterocycles. The second-order valence-corrected chi connectivity index (χ2v) is 8.70. The van der Waals surface area contributed by atoms with Crippen molar-refractivity contribution in [3.05, 3.63) is 17.5 Å². The Bertz CT molecular complexity index is 531. The molecule has 2 N–H and O–H groups in total. The second-order valence-electron chi connectivity index (χ2n) is 7.00. The molecule has 2 heterocycles. The van der Waals surface area contributed by atoms with Gasteiger partial charge in [-0.15, -0.1) is 0 Å². The molecule has 0 amide bonds. The average molecular weight is 281 g/mol. The van der Waals surface area contributed by atoms with E-state index in [0.717, 1.165) is 12.8 Å². The molecule has 2 atom stereocenters. The van der Waals surface area contributed by atoms with E-state index in [4.69, 9.17) is 5.14 Å². The van der Waals surface area contributed by atoms with Crippen LogP contribution in [0.2, 0.25) is 0 Å². The molecule has 3 rings (SSSR count). The molecule has 1 aliphatic heterocycles. The zero-order chi connectivity index (χ0) is 13.8. The van der Waals surface area contributed by atoms with Crippen LogP contribution >= 0.6 is 0 Å². The molecule has 0 bridgehead atoms. The van der Waals surface area contributed by atoms with Crippen molar-refractivity contribution >= 4 is 11.0 Å². The zero-order valence-electron chi connectivity index (χ0n) is 12.0. The van der Waals surface area contributed by atoms with Gasteiger partial charge < -0.3 is 0 Å². The summed E-state index contributed by atoms with van der Waals surface area (Å²) in [5.41, 5.74) is 3.05. The van der Waals surface area contributed by atoms with Gasteiger partial charge >= 0.3 is 0 Å². The molecule has 1 aliphatic carbocycles. The van der Waals surface area contributed by atoms with Gasteiger partial charge in [0.2, 0.25) is 0 Å². The molecule has 5 heteroatoms. The van der Waals surface area contributed by atoms with Crippen molar-refractivity contribution in [1.82, 2.24) is 9.78 Å². The molecule has 106 valence electrons. The maximum atomic E-state index is 11.6. The highest BCUT2D eigenvalue weighted by atomic mass is 32.2. The number of hydrogen-bond acceptors (Lipinski definition) is 2. The van der Waals surface area contributed by atoms with Crippen molar-refractivity contribution in [2.45, 2.75) is 63.7 Å². The molecule has 2 aliphatic rings. The topological polar surface area (TPSA) is 60.9 Å². The molecule has 1 fully saturated rings. The van der Waals surface area contributed by atoms with E-state index in [1.165, 1.54) is 30.5 Å². The van der Waals surface area contributed by atoms with Crippen LogP contribution in [0.3, 0.4) is 0 Å². The first-order valence-corrected chi connectivity index (χ1v) is 8.26. The molecule has 1 aromatic heterocycles. The first-order chi connectivity index (χ1) is 8.83. The van der Waals surface area contributed by atoms with Gasteiger partial charge in [-0.1, -0.05) is 6.92 Å².